The van der Waals surface area contributed by atoms with Gasteiger partial charge in [-0.25, -0.2) is 0 Å². The molecule has 1 aliphatic carbocycles. The van der Waals surface area contributed by atoms with E-state index in [1.807, 2.05) is 0 Å². The van der Waals surface area contributed by atoms with Crippen LogP contribution in [0.5, 0.6) is 0 Å². The van der Waals surface area contributed by atoms with Crippen LogP contribution in [0.25, 0.3) is 0 Å². The molecule has 1 amide bonds. The van der Waals surface area contributed by atoms with Crippen LogP contribution in [0, 0.1) is 11.8 Å². The normalized spacial score (nSPS) is 25.9. The van der Waals surface area contributed by atoms with Crippen molar-refractivity contribution in [3.63, 3.8) is 0 Å². The van der Waals surface area contributed by atoms with E-state index in [9.17, 15) is 4.79 Å². The van der Waals surface area contributed by atoms with Crippen LogP contribution in [-0.2, 0) is 4.79 Å². The van der Waals surface area contributed by atoms with Crippen molar-refractivity contribution in [2.75, 3.05) is 13.1 Å². The monoisotopic (exact) mass is 364 g/mol. The summed E-state index contributed by atoms with van der Waals surface area (Å²) in [5.74, 6) is 2.25. The maximum Gasteiger partial charge on any atom is 0.222 e. The number of rotatable bonds is 4. The first-order valence-corrected chi connectivity index (χ1v) is 9.71. The Bertz CT molecular complexity index is 518. The highest BCUT2D eigenvalue weighted by atomic mass is 35.5. The van der Waals surface area contributed by atoms with Crippen LogP contribution >= 0.6 is 12.4 Å². The summed E-state index contributed by atoms with van der Waals surface area (Å²) in [7, 11) is 0. The lowest BCUT2D eigenvalue weighted by Crippen LogP contribution is -2.43. The highest BCUT2D eigenvalue weighted by Gasteiger charge is 2.28. The molecular formula is C21H33ClN2O. The summed E-state index contributed by atoms with van der Waals surface area (Å²) in [6, 6.07) is 11.1. The molecule has 2 aliphatic rings. The van der Waals surface area contributed by atoms with E-state index in [1.165, 1.54) is 31.2 Å². The van der Waals surface area contributed by atoms with Gasteiger partial charge in [0, 0.05) is 25.6 Å². The van der Waals surface area contributed by atoms with E-state index in [0.29, 0.717) is 23.7 Å². The Labute approximate surface area is 158 Å². The van der Waals surface area contributed by atoms with E-state index in [0.717, 1.165) is 32.4 Å². The molecule has 2 N–H and O–H groups in total. The maximum atomic E-state index is 12.6. The number of likely N-dealkylation sites (tertiary alicyclic amines) is 1. The van der Waals surface area contributed by atoms with Gasteiger partial charge in [0.25, 0.3) is 0 Å². The molecule has 4 heteroatoms. The first-order valence-electron chi connectivity index (χ1n) is 9.71. The number of amides is 1. The minimum Gasteiger partial charge on any atom is -0.343 e. The number of carbonyl (C=O) groups excluding carboxylic acids is 1. The predicted molar refractivity (Wildman–Crippen MR) is 106 cm³/mol. The van der Waals surface area contributed by atoms with Crippen molar-refractivity contribution in [3.8, 4) is 0 Å². The van der Waals surface area contributed by atoms with Crippen LogP contribution in [0.3, 0.4) is 0 Å². The van der Waals surface area contributed by atoms with Crippen molar-refractivity contribution >= 4 is 18.3 Å². The van der Waals surface area contributed by atoms with E-state index >= 15 is 0 Å². The van der Waals surface area contributed by atoms with Gasteiger partial charge >= 0.3 is 0 Å². The Balaban J connectivity index is 0.00000225. The van der Waals surface area contributed by atoms with E-state index in [2.05, 4.69) is 42.2 Å². The van der Waals surface area contributed by atoms with Crippen molar-refractivity contribution in [2.45, 2.75) is 63.8 Å². The largest absolute Gasteiger partial charge is 0.343 e. The van der Waals surface area contributed by atoms with Gasteiger partial charge in [0.2, 0.25) is 5.91 Å². The number of benzene rings is 1. The summed E-state index contributed by atoms with van der Waals surface area (Å²) in [6.45, 7) is 3.90. The van der Waals surface area contributed by atoms with Crippen molar-refractivity contribution in [1.82, 2.24) is 4.90 Å². The predicted octanol–water partition coefficient (Wildman–Crippen LogP) is 4.36. The molecule has 1 aliphatic heterocycles. The molecule has 25 heavy (non-hydrogen) atoms. The van der Waals surface area contributed by atoms with Crippen LogP contribution < -0.4 is 5.73 Å². The molecule has 2 fully saturated rings. The van der Waals surface area contributed by atoms with E-state index in [4.69, 9.17) is 5.73 Å². The van der Waals surface area contributed by atoms with Crippen LogP contribution in [-0.4, -0.2) is 29.9 Å². The summed E-state index contributed by atoms with van der Waals surface area (Å²) in [5.41, 5.74) is 7.47. The average molecular weight is 365 g/mol. The van der Waals surface area contributed by atoms with Crippen LogP contribution in [0.4, 0.5) is 0 Å². The molecule has 1 aromatic rings. The van der Waals surface area contributed by atoms with E-state index in [-0.39, 0.29) is 18.4 Å². The molecule has 1 aromatic carbocycles. The SMILES string of the molecule is CC(N)C1CCN(C(=O)CC2CCC(c3ccccc3)CC2)CC1.Cl. The minimum absolute atomic E-state index is 0. The molecule has 1 heterocycles. The van der Waals surface area contributed by atoms with Gasteiger partial charge in [0.05, 0.1) is 0 Å². The number of hydrogen-bond donors (Lipinski definition) is 1. The summed E-state index contributed by atoms with van der Waals surface area (Å²) < 4.78 is 0. The fourth-order valence-electron chi connectivity index (χ4n) is 4.48. The second-order valence-corrected chi connectivity index (χ2v) is 7.91. The zero-order valence-electron chi connectivity index (χ0n) is 15.4. The third-order valence-electron chi connectivity index (χ3n) is 6.22. The van der Waals surface area contributed by atoms with Gasteiger partial charge in [-0.2, -0.15) is 0 Å². The maximum absolute atomic E-state index is 12.6. The Morgan fingerprint density at radius 2 is 1.68 bits per heavy atom. The Morgan fingerprint density at radius 1 is 1.08 bits per heavy atom. The summed E-state index contributed by atoms with van der Waals surface area (Å²) in [4.78, 5) is 14.7. The molecular weight excluding hydrogens is 332 g/mol. The molecule has 1 atom stereocenters. The van der Waals surface area contributed by atoms with Gasteiger partial charge in [0.1, 0.15) is 0 Å². The zero-order chi connectivity index (χ0) is 16.9. The van der Waals surface area contributed by atoms with Crippen LogP contribution in [0.2, 0.25) is 0 Å². The van der Waals surface area contributed by atoms with E-state index < -0.39 is 0 Å². The Kier molecular flexibility index (Phi) is 7.77. The molecule has 3 rings (SSSR count). The third-order valence-corrected chi connectivity index (χ3v) is 6.22. The van der Waals surface area contributed by atoms with Crippen LogP contribution in [0.1, 0.15) is 63.4 Å². The topological polar surface area (TPSA) is 46.3 Å². The summed E-state index contributed by atoms with van der Waals surface area (Å²) in [5, 5.41) is 0. The highest BCUT2D eigenvalue weighted by molar-refractivity contribution is 5.85. The Morgan fingerprint density at radius 3 is 2.24 bits per heavy atom. The number of halogens is 1. The average Bonchev–Trinajstić information content (AvgIpc) is 2.63. The fourth-order valence-corrected chi connectivity index (χ4v) is 4.48. The molecule has 1 unspecified atom stereocenters. The molecule has 0 aromatic heterocycles. The lowest BCUT2D eigenvalue weighted by atomic mass is 9.77. The number of carbonyl (C=O) groups is 1. The van der Waals surface area contributed by atoms with Gasteiger partial charge in [-0.15, -0.1) is 12.4 Å². The molecule has 1 saturated carbocycles. The van der Waals surface area contributed by atoms with Gasteiger partial charge in [-0.1, -0.05) is 30.3 Å². The van der Waals surface area contributed by atoms with Gasteiger partial charge in [-0.05, 0) is 68.8 Å². The van der Waals surface area contributed by atoms with Gasteiger partial charge < -0.3 is 10.6 Å². The molecule has 140 valence electrons. The van der Waals surface area contributed by atoms with Crippen LogP contribution in [0.15, 0.2) is 30.3 Å². The first-order chi connectivity index (χ1) is 11.6. The number of piperidine rings is 1. The molecule has 0 spiro atoms. The van der Waals surface area contributed by atoms with Crippen molar-refractivity contribution in [2.24, 2.45) is 17.6 Å². The minimum atomic E-state index is 0. The number of hydrogen-bond acceptors (Lipinski definition) is 2. The van der Waals surface area contributed by atoms with Crippen molar-refractivity contribution in [1.29, 1.82) is 0 Å². The van der Waals surface area contributed by atoms with Crippen molar-refractivity contribution < 1.29 is 4.79 Å². The van der Waals surface area contributed by atoms with Crippen molar-refractivity contribution in [3.05, 3.63) is 35.9 Å². The fraction of sp³-hybridized carbons (Fsp3) is 0.667. The summed E-state index contributed by atoms with van der Waals surface area (Å²) in [6.07, 6.45) is 7.76. The third kappa shape index (κ3) is 5.46. The second-order valence-electron chi connectivity index (χ2n) is 7.91. The molecule has 1 saturated heterocycles. The van der Waals surface area contributed by atoms with Gasteiger partial charge in [0.15, 0.2) is 0 Å². The highest BCUT2D eigenvalue weighted by Crippen LogP contribution is 2.37. The molecule has 0 radical (unpaired) electrons. The lowest BCUT2D eigenvalue weighted by Gasteiger charge is -2.35. The second kappa shape index (κ2) is 9.59. The standard InChI is InChI=1S/C21H32N2O.ClH/c1-16(22)18-11-13-23(14-12-18)21(24)15-17-7-9-20(10-8-17)19-5-3-2-4-6-19;/h2-6,16-18,20H,7-15,22H2,1H3;1H. The quantitative estimate of drug-likeness (QED) is 0.862. The van der Waals surface area contributed by atoms with E-state index in [1.54, 1.807) is 0 Å². The van der Waals surface area contributed by atoms with Gasteiger partial charge in [-0.3, -0.25) is 4.79 Å². The lowest BCUT2D eigenvalue weighted by molar-refractivity contribution is -0.134. The zero-order valence-corrected chi connectivity index (χ0v) is 16.2. The smallest absolute Gasteiger partial charge is 0.222 e. The number of nitrogens with two attached hydrogens (primary N) is 1. The molecule has 0 bridgehead atoms. The first kappa shape index (κ1) is 20.3. The summed E-state index contributed by atoms with van der Waals surface area (Å²) >= 11 is 0. The Hall–Kier alpha value is -1.06. The molecule has 3 nitrogen and oxygen atoms in total. The number of nitrogens with zero attached hydrogens (tertiary/aromatic N) is 1.